The van der Waals surface area contributed by atoms with Crippen molar-refractivity contribution in [2.75, 3.05) is 32.5 Å². The lowest BCUT2D eigenvalue weighted by molar-refractivity contribution is 0.0390. The van der Waals surface area contributed by atoms with Crippen LogP contribution in [0.3, 0.4) is 0 Å². The molecule has 1 amide bonds. The molecule has 1 saturated heterocycles. The molecule has 2 aromatic rings. The van der Waals surface area contributed by atoms with Crippen molar-refractivity contribution in [2.24, 2.45) is 5.92 Å². The first-order valence-electron chi connectivity index (χ1n) is 7.13. The predicted octanol–water partition coefficient (Wildman–Crippen LogP) is 2.38. The molecule has 1 fully saturated rings. The lowest BCUT2D eigenvalue weighted by Crippen LogP contribution is -2.35. The van der Waals surface area contributed by atoms with E-state index in [1.807, 2.05) is 19.2 Å². The SMILES string of the molecule is CN(CC1CCCOC1)C(=O)c1sc2cccnc2c1N. The first kappa shape index (κ1) is 14.3. The number of rotatable bonds is 3. The molecular weight excluding hydrogens is 286 g/mol. The van der Waals surface area contributed by atoms with E-state index in [1.54, 1.807) is 11.1 Å². The number of hydrogen-bond donors (Lipinski definition) is 1. The number of amides is 1. The van der Waals surface area contributed by atoms with Gasteiger partial charge in [0.05, 0.1) is 17.0 Å². The molecule has 1 aliphatic heterocycles. The van der Waals surface area contributed by atoms with Gasteiger partial charge in [-0.1, -0.05) is 0 Å². The summed E-state index contributed by atoms with van der Waals surface area (Å²) in [4.78, 5) is 19.2. The van der Waals surface area contributed by atoms with Crippen LogP contribution in [-0.4, -0.2) is 42.6 Å². The van der Waals surface area contributed by atoms with Crippen LogP contribution in [0.4, 0.5) is 5.69 Å². The van der Waals surface area contributed by atoms with Gasteiger partial charge in [0, 0.05) is 26.4 Å². The van der Waals surface area contributed by atoms with Gasteiger partial charge < -0.3 is 15.4 Å². The minimum Gasteiger partial charge on any atom is -0.396 e. The highest BCUT2D eigenvalue weighted by molar-refractivity contribution is 7.21. The normalized spacial score (nSPS) is 18.8. The van der Waals surface area contributed by atoms with Gasteiger partial charge >= 0.3 is 0 Å². The van der Waals surface area contributed by atoms with Gasteiger partial charge in [-0.2, -0.15) is 0 Å². The number of ether oxygens (including phenoxy) is 1. The maximum absolute atomic E-state index is 12.6. The molecule has 2 N–H and O–H groups in total. The Bertz CT molecular complexity index is 649. The summed E-state index contributed by atoms with van der Waals surface area (Å²) in [6, 6.07) is 3.80. The second-order valence-corrected chi connectivity index (χ2v) is 6.52. The summed E-state index contributed by atoms with van der Waals surface area (Å²) in [5.74, 6) is 0.391. The number of thiophene rings is 1. The van der Waals surface area contributed by atoms with Gasteiger partial charge in [0.2, 0.25) is 0 Å². The zero-order valence-electron chi connectivity index (χ0n) is 12.0. The van der Waals surface area contributed by atoms with Crippen molar-refractivity contribution in [3.8, 4) is 0 Å². The Labute approximate surface area is 127 Å². The Morgan fingerprint density at radius 1 is 1.62 bits per heavy atom. The van der Waals surface area contributed by atoms with Crippen LogP contribution in [-0.2, 0) is 4.74 Å². The van der Waals surface area contributed by atoms with Crippen molar-refractivity contribution in [1.82, 2.24) is 9.88 Å². The number of carbonyl (C=O) groups is 1. The van der Waals surface area contributed by atoms with E-state index in [0.29, 0.717) is 23.0 Å². The van der Waals surface area contributed by atoms with Crippen LogP contribution in [0.5, 0.6) is 0 Å². The molecule has 3 heterocycles. The first-order chi connectivity index (χ1) is 10.2. The molecule has 1 atom stereocenters. The van der Waals surface area contributed by atoms with Gasteiger partial charge in [0.25, 0.3) is 5.91 Å². The first-order valence-corrected chi connectivity index (χ1v) is 7.94. The summed E-state index contributed by atoms with van der Waals surface area (Å²) in [6.45, 7) is 2.28. The van der Waals surface area contributed by atoms with E-state index in [9.17, 15) is 4.79 Å². The van der Waals surface area contributed by atoms with Crippen LogP contribution >= 0.6 is 11.3 Å². The van der Waals surface area contributed by atoms with Crippen LogP contribution in [0, 0.1) is 5.92 Å². The van der Waals surface area contributed by atoms with E-state index in [1.165, 1.54) is 11.3 Å². The van der Waals surface area contributed by atoms with E-state index in [-0.39, 0.29) is 5.91 Å². The number of nitrogen functional groups attached to an aromatic ring is 1. The molecule has 112 valence electrons. The number of pyridine rings is 1. The van der Waals surface area contributed by atoms with Crippen molar-refractivity contribution in [3.63, 3.8) is 0 Å². The molecule has 21 heavy (non-hydrogen) atoms. The Kier molecular flexibility index (Phi) is 4.07. The molecule has 0 radical (unpaired) electrons. The second-order valence-electron chi connectivity index (χ2n) is 5.46. The summed E-state index contributed by atoms with van der Waals surface area (Å²) < 4.78 is 6.42. The highest BCUT2D eigenvalue weighted by Crippen LogP contribution is 2.32. The van der Waals surface area contributed by atoms with Gasteiger partial charge in [-0.15, -0.1) is 11.3 Å². The Morgan fingerprint density at radius 2 is 2.48 bits per heavy atom. The summed E-state index contributed by atoms with van der Waals surface area (Å²) in [7, 11) is 1.83. The minimum atomic E-state index is -0.0268. The van der Waals surface area contributed by atoms with Crippen molar-refractivity contribution in [1.29, 1.82) is 0 Å². The average Bonchev–Trinajstić information content (AvgIpc) is 2.85. The topological polar surface area (TPSA) is 68.5 Å². The molecule has 0 saturated carbocycles. The standard InChI is InChI=1S/C15H19N3O2S/c1-18(8-10-4-3-7-20-9-10)15(19)14-12(16)13-11(21-14)5-2-6-17-13/h2,5-6,10H,3-4,7-9,16H2,1H3. The molecule has 0 bridgehead atoms. The zero-order valence-corrected chi connectivity index (χ0v) is 12.9. The van der Waals surface area contributed by atoms with Gasteiger partial charge in [-0.3, -0.25) is 9.78 Å². The van der Waals surface area contributed by atoms with Crippen molar-refractivity contribution >= 4 is 33.1 Å². The van der Waals surface area contributed by atoms with E-state index < -0.39 is 0 Å². The zero-order chi connectivity index (χ0) is 14.8. The summed E-state index contributed by atoms with van der Waals surface area (Å²) in [6.07, 6.45) is 3.88. The fourth-order valence-corrected chi connectivity index (χ4v) is 3.78. The van der Waals surface area contributed by atoms with Gasteiger partial charge in [0.15, 0.2) is 0 Å². The molecule has 1 aliphatic rings. The summed E-state index contributed by atoms with van der Waals surface area (Å²) >= 11 is 1.41. The fraction of sp³-hybridized carbons (Fsp3) is 0.467. The molecule has 0 aromatic carbocycles. The monoisotopic (exact) mass is 305 g/mol. The maximum atomic E-state index is 12.6. The van der Waals surface area contributed by atoms with Crippen molar-refractivity contribution in [3.05, 3.63) is 23.2 Å². The molecule has 0 spiro atoms. The molecule has 2 aromatic heterocycles. The predicted molar refractivity (Wildman–Crippen MR) is 84.5 cm³/mol. The number of nitrogens with two attached hydrogens (primary N) is 1. The minimum absolute atomic E-state index is 0.0268. The third-order valence-electron chi connectivity index (χ3n) is 3.81. The quantitative estimate of drug-likeness (QED) is 0.945. The molecule has 5 nitrogen and oxygen atoms in total. The maximum Gasteiger partial charge on any atom is 0.265 e. The Morgan fingerprint density at radius 3 is 3.19 bits per heavy atom. The number of anilines is 1. The van der Waals surface area contributed by atoms with Crippen LogP contribution in [0.15, 0.2) is 18.3 Å². The third-order valence-corrected chi connectivity index (χ3v) is 4.96. The summed E-state index contributed by atoms with van der Waals surface area (Å²) in [5, 5.41) is 0. The van der Waals surface area contributed by atoms with E-state index in [0.717, 1.165) is 36.3 Å². The fourth-order valence-electron chi connectivity index (χ4n) is 2.70. The number of aromatic nitrogens is 1. The molecule has 0 aliphatic carbocycles. The largest absolute Gasteiger partial charge is 0.396 e. The second kappa shape index (κ2) is 5.99. The van der Waals surface area contributed by atoms with Crippen molar-refractivity contribution < 1.29 is 9.53 Å². The Balaban J connectivity index is 1.77. The number of nitrogens with zero attached hydrogens (tertiary/aromatic N) is 2. The van der Waals surface area contributed by atoms with Crippen LogP contribution in [0.1, 0.15) is 22.5 Å². The highest BCUT2D eigenvalue weighted by Gasteiger charge is 2.23. The van der Waals surface area contributed by atoms with Crippen LogP contribution in [0.25, 0.3) is 10.2 Å². The smallest absolute Gasteiger partial charge is 0.265 e. The van der Waals surface area contributed by atoms with Crippen LogP contribution in [0.2, 0.25) is 0 Å². The molecular formula is C15H19N3O2S. The average molecular weight is 305 g/mol. The van der Waals surface area contributed by atoms with Gasteiger partial charge in [-0.05, 0) is 30.9 Å². The van der Waals surface area contributed by atoms with Crippen molar-refractivity contribution in [2.45, 2.75) is 12.8 Å². The lowest BCUT2D eigenvalue weighted by Gasteiger charge is -2.27. The van der Waals surface area contributed by atoms with E-state index >= 15 is 0 Å². The summed E-state index contributed by atoms with van der Waals surface area (Å²) in [5.41, 5.74) is 7.30. The van der Waals surface area contributed by atoms with Gasteiger partial charge in [0.1, 0.15) is 10.4 Å². The van der Waals surface area contributed by atoms with Crippen LogP contribution < -0.4 is 5.73 Å². The number of carbonyl (C=O) groups excluding carboxylic acids is 1. The van der Waals surface area contributed by atoms with E-state index in [4.69, 9.17) is 10.5 Å². The van der Waals surface area contributed by atoms with E-state index in [2.05, 4.69) is 4.98 Å². The lowest BCUT2D eigenvalue weighted by atomic mass is 10.0. The Hall–Kier alpha value is -1.66. The number of hydrogen-bond acceptors (Lipinski definition) is 5. The molecule has 1 unspecified atom stereocenters. The molecule has 6 heteroatoms. The third kappa shape index (κ3) is 2.87. The van der Waals surface area contributed by atoms with Gasteiger partial charge in [-0.25, -0.2) is 0 Å². The molecule has 3 rings (SSSR count). The number of fused-ring (bicyclic) bond motifs is 1. The highest BCUT2D eigenvalue weighted by atomic mass is 32.1.